The molecule has 1 amide bonds. The van der Waals surface area contributed by atoms with Gasteiger partial charge in [-0.05, 0) is 68.4 Å². The molecule has 7 nitrogen and oxygen atoms in total. The molecule has 31 heavy (non-hydrogen) atoms. The van der Waals surface area contributed by atoms with E-state index in [1.54, 1.807) is 43.5 Å². The van der Waals surface area contributed by atoms with E-state index in [1.807, 2.05) is 31.9 Å². The number of hydrogen-bond donors (Lipinski definition) is 0. The molecule has 0 aromatic heterocycles. The van der Waals surface area contributed by atoms with Crippen LogP contribution in [0.15, 0.2) is 47.4 Å². The van der Waals surface area contributed by atoms with Gasteiger partial charge >= 0.3 is 0 Å². The maximum absolute atomic E-state index is 13.5. The molecule has 2 aromatic rings. The molecule has 1 heterocycles. The number of rotatable bonds is 7. The molecule has 2 aromatic carbocycles. The van der Waals surface area contributed by atoms with E-state index < -0.39 is 10.0 Å². The summed E-state index contributed by atoms with van der Waals surface area (Å²) >= 11 is 0. The predicted octanol–water partition coefficient (Wildman–Crippen LogP) is 2.67. The Kier molecular flexibility index (Phi) is 7.23. The van der Waals surface area contributed by atoms with Gasteiger partial charge in [0.2, 0.25) is 5.91 Å². The molecule has 0 unspecified atom stereocenters. The summed E-state index contributed by atoms with van der Waals surface area (Å²) in [5, 5.41) is 0. The minimum absolute atomic E-state index is 0.0260. The van der Waals surface area contributed by atoms with Crippen LogP contribution in [0.1, 0.15) is 17.5 Å². The lowest BCUT2D eigenvalue weighted by molar-refractivity contribution is -0.132. The second-order valence-electron chi connectivity index (χ2n) is 7.96. The van der Waals surface area contributed by atoms with Gasteiger partial charge in [0.25, 0.3) is 10.0 Å². The number of piperazine rings is 1. The van der Waals surface area contributed by atoms with Crippen molar-refractivity contribution < 1.29 is 17.9 Å². The summed E-state index contributed by atoms with van der Waals surface area (Å²) in [4.78, 5) is 17.0. The van der Waals surface area contributed by atoms with Gasteiger partial charge in [0.15, 0.2) is 0 Å². The number of anilines is 1. The van der Waals surface area contributed by atoms with Crippen LogP contribution in [-0.4, -0.2) is 71.0 Å². The van der Waals surface area contributed by atoms with Gasteiger partial charge in [0.05, 0.1) is 17.7 Å². The maximum atomic E-state index is 13.5. The summed E-state index contributed by atoms with van der Waals surface area (Å²) < 4.78 is 33.6. The van der Waals surface area contributed by atoms with Crippen molar-refractivity contribution in [2.45, 2.75) is 25.2 Å². The fraction of sp³-hybridized carbons (Fsp3) is 0.435. The Balaban J connectivity index is 1.87. The number of benzene rings is 2. The van der Waals surface area contributed by atoms with E-state index in [0.29, 0.717) is 24.5 Å². The lowest BCUT2D eigenvalue weighted by Gasteiger charge is -2.33. The fourth-order valence-electron chi connectivity index (χ4n) is 3.55. The molecular formula is C23H31N3O4S. The lowest BCUT2D eigenvalue weighted by Crippen LogP contribution is -2.48. The molecule has 1 aliphatic rings. The molecule has 0 aliphatic carbocycles. The van der Waals surface area contributed by atoms with Crippen molar-refractivity contribution in [3.05, 3.63) is 53.6 Å². The highest BCUT2D eigenvalue weighted by Crippen LogP contribution is 2.27. The van der Waals surface area contributed by atoms with Gasteiger partial charge < -0.3 is 14.5 Å². The van der Waals surface area contributed by atoms with Crippen molar-refractivity contribution in [3.63, 3.8) is 0 Å². The molecule has 1 aliphatic heterocycles. The van der Waals surface area contributed by atoms with Crippen LogP contribution in [0, 0.1) is 13.8 Å². The summed E-state index contributed by atoms with van der Waals surface area (Å²) in [6, 6.07) is 12.0. The quantitative estimate of drug-likeness (QED) is 0.655. The SMILES string of the molecule is COc1ccc(N(CCC(=O)N2CCN(C)CC2)S(=O)(=O)c2ccc(C)c(C)c2)cc1. The van der Waals surface area contributed by atoms with Crippen LogP contribution in [0.25, 0.3) is 0 Å². The number of aryl methyl sites for hydroxylation is 2. The molecule has 8 heteroatoms. The zero-order valence-corrected chi connectivity index (χ0v) is 19.5. The van der Waals surface area contributed by atoms with Gasteiger partial charge in [-0.15, -0.1) is 0 Å². The number of carbonyl (C=O) groups excluding carboxylic acids is 1. The number of nitrogens with zero attached hydrogens (tertiary/aromatic N) is 3. The molecule has 0 N–H and O–H groups in total. The van der Waals surface area contributed by atoms with Crippen molar-refractivity contribution in [1.82, 2.24) is 9.80 Å². The van der Waals surface area contributed by atoms with Crippen LogP contribution in [-0.2, 0) is 14.8 Å². The molecule has 1 saturated heterocycles. The number of carbonyl (C=O) groups is 1. The van der Waals surface area contributed by atoms with E-state index in [2.05, 4.69) is 4.90 Å². The van der Waals surface area contributed by atoms with E-state index in [1.165, 1.54) is 4.31 Å². The Hall–Kier alpha value is -2.58. The van der Waals surface area contributed by atoms with E-state index in [0.717, 1.165) is 24.2 Å². The Morgan fingerprint density at radius 1 is 1.00 bits per heavy atom. The van der Waals surface area contributed by atoms with Crippen LogP contribution >= 0.6 is 0 Å². The average molecular weight is 446 g/mol. The standard InChI is InChI=1S/C23H31N3O4S/c1-18-5-10-22(17-19(18)2)31(28,29)26(20-6-8-21(30-4)9-7-20)12-11-23(27)25-15-13-24(3)14-16-25/h5-10,17H,11-16H2,1-4H3. The topological polar surface area (TPSA) is 70.2 Å². The smallest absolute Gasteiger partial charge is 0.264 e. The second kappa shape index (κ2) is 9.70. The largest absolute Gasteiger partial charge is 0.497 e. The van der Waals surface area contributed by atoms with Crippen LogP contribution in [0.5, 0.6) is 5.75 Å². The molecule has 0 spiro atoms. The zero-order valence-electron chi connectivity index (χ0n) is 18.7. The second-order valence-corrected chi connectivity index (χ2v) is 9.82. The molecule has 0 radical (unpaired) electrons. The van der Waals surface area contributed by atoms with Crippen molar-refractivity contribution in [3.8, 4) is 5.75 Å². The number of amides is 1. The van der Waals surface area contributed by atoms with Gasteiger partial charge in [0, 0.05) is 39.1 Å². The highest BCUT2D eigenvalue weighted by atomic mass is 32.2. The Morgan fingerprint density at radius 2 is 1.65 bits per heavy atom. The summed E-state index contributed by atoms with van der Waals surface area (Å²) in [7, 11) is -0.241. The Morgan fingerprint density at radius 3 is 2.23 bits per heavy atom. The molecule has 0 saturated carbocycles. The van der Waals surface area contributed by atoms with Crippen molar-refractivity contribution in [1.29, 1.82) is 0 Å². The van der Waals surface area contributed by atoms with Gasteiger partial charge in [-0.2, -0.15) is 0 Å². The minimum Gasteiger partial charge on any atom is -0.497 e. The van der Waals surface area contributed by atoms with E-state index in [9.17, 15) is 13.2 Å². The first-order chi connectivity index (χ1) is 14.7. The lowest BCUT2D eigenvalue weighted by atomic mass is 10.1. The molecule has 0 atom stereocenters. The minimum atomic E-state index is -3.83. The third-order valence-corrected chi connectivity index (χ3v) is 7.63. The van der Waals surface area contributed by atoms with E-state index in [-0.39, 0.29) is 23.8 Å². The Bertz CT molecular complexity index is 1010. The summed E-state index contributed by atoms with van der Waals surface area (Å²) in [6.45, 7) is 6.91. The first kappa shape index (κ1) is 23.1. The van der Waals surface area contributed by atoms with Gasteiger partial charge in [0.1, 0.15) is 5.75 Å². The van der Waals surface area contributed by atoms with E-state index >= 15 is 0 Å². The third-order valence-electron chi connectivity index (χ3n) is 5.81. The molecular weight excluding hydrogens is 414 g/mol. The van der Waals surface area contributed by atoms with Crippen molar-refractivity contribution in [2.75, 3.05) is 51.2 Å². The third kappa shape index (κ3) is 5.37. The van der Waals surface area contributed by atoms with Crippen LogP contribution < -0.4 is 9.04 Å². The van der Waals surface area contributed by atoms with Gasteiger partial charge in [-0.1, -0.05) is 6.07 Å². The molecule has 0 bridgehead atoms. The number of likely N-dealkylation sites (N-methyl/N-ethyl adjacent to an activating group) is 1. The Labute approximate surface area is 185 Å². The van der Waals surface area contributed by atoms with Crippen molar-refractivity contribution in [2.24, 2.45) is 0 Å². The summed E-state index contributed by atoms with van der Waals surface area (Å²) in [6.07, 6.45) is 0.125. The van der Waals surface area contributed by atoms with Crippen LogP contribution in [0.3, 0.4) is 0 Å². The number of methoxy groups -OCH3 is 1. The van der Waals surface area contributed by atoms with Crippen LogP contribution in [0.2, 0.25) is 0 Å². The predicted molar refractivity (Wildman–Crippen MR) is 122 cm³/mol. The first-order valence-electron chi connectivity index (χ1n) is 10.4. The molecule has 3 rings (SSSR count). The molecule has 168 valence electrons. The highest BCUT2D eigenvalue weighted by molar-refractivity contribution is 7.92. The average Bonchev–Trinajstić information content (AvgIpc) is 2.76. The molecule has 1 fully saturated rings. The number of sulfonamides is 1. The monoisotopic (exact) mass is 445 g/mol. The van der Waals surface area contributed by atoms with Gasteiger partial charge in [-0.25, -0.2) is 8.42 Å². The maximum Gasteiger partial charge on any atom is 0.264 e. The first-order valence-corrected chi connectivity index (χ1v) is 11.9. The van der Waals surface area contributed by atoms with Crippen molar-refractivity contribution >= 4 is 21.6 Å². The van der Waals surface area contributed by atoms with Crippen LogP contribution in [0.4, 0.5) is 5.69 Å². The summed E-state index contributed by atoms with van der Waals surface area (Å²) in [5.74, 6) is 0.614. The fourth-order valence-corrected chi connectivity index (χ4v) is 5.10. The summed E-state index contributed by atoms with van der Waals surface area (Å²) in [5.41, 5.74) is 2.44. The number of ether oxygens (including phenoxy) is 1. The number of hydrogen-bond acceptors (Lipinski definition) is 5. The zero-order chi connectivity index (χ0) is 22.6. The normalized spacial score (nSPS) is 15.0. The highest BCUT2D eigenvalue weighted by Gasteiger charge is 2.27. The van der Waals surface area contributed by atoms with E-state index in [4.69, 9.17) is 4.74 Å². The van der Waals surface area contributed by atoms with Gasteiger partial charge in [-0.3, -0.25) is 9.10 Å².